The van der Waals surface area contributed by atoms with Crippen LogP contribution in [0.3, 0.4) is 0 Å². The third-order valence-electron chi connectivity index (χ3n) is 6.39. The van der Waals surface area contributed by atoms with E-state index in [-0.39, 0.29) is 30.1 Å². The summed E-state index contributed by atoms with van der Waals surface area (Å²) < 4.78 is 1.56. The Morgan fingerprint density at radius 1 is 1.18 bits per heavy atom. The molecule has 5 rings (SSSR count). The van der Waals surface area contributed by atoms with Crippen molar-refractivity contribution in [2.45, 2.75) is 58.0 Å². The van der Waals surface area contributed by atoms with Crippen LogP contribution in [0.1, 0.15) is 72.4 Å². The number of pyridine rings is 1. The number of aromatic nitrogens is 3. The highest BCUT2D eigenvalue weighted by molar-refractivity contribution is 6.05. The molecule has 0 amide bonds. The number of carbonyl (C=O) groups is 2. The van der Waals surface area contributed by atoms with Crippen LogP contribution in [0.5, 0.6) is 0 Å². The fourth-order valence-corrected chi connectivity index (χ4v) is 4.44. The number of benzene rings is 1. The van der Waals surface area contributed by atoms with Crippen LogP contribution in [0.2, 0.25) is 0 Å². The van der Waals surface area contributed by atoms with E-state index in [1.165, 1.54) is 6.33 Å². The van der Waals surface area contributed by atoms with Gasteiger partial charge in [-0.25, -0.2) is 9.97 Å². The van der Waals surface area contributed by atoms with Gasteiger partial charge in [0.1, 0.15) is 18.1 Å². The number of carbonyl (C=O) groups excluding carboxylic acids is 1. The van der Waals surface area contributed by atoms with Gasteiger partial charge in [0.25, 0.3) is 0 Å². The van der Waals surface area contributed by atoms with Gasteiger partial charge in [0, 0.05) is 29.3 Å². The van der Waals surface area contributed by atoms with Crippen molar-refractivity contribution in [2.75, 3.05) is 6.54 Å². The molecule has 0 unspecified atom stereocenters. The molecule has 170 valence electrons. The normalized spacial score (nSPS) is 15.8. The zero-order valence-corrected chi connectivity index (χ0v) is 19.1. The maximum Gasteiger partial charge on any atom is 0.323 e. The number of ketones is 1. The lowest BCUT2D eigenvalue weighted by Crippen LogP contribution is -2.30. The third kappa shape index (κ3) is 3.90. The number of hydrogen-bond acceptors (Lipinski definition) is 5. The molecule has 2 N–H and O–H groups in total. The molecule has 1 aliphatic carbocycles. The summed E-state index contributed by atoms with van der Waals surface area (Å²) in [5.41, 5.74) is 5.13. The number of carboxylic acid groups (broad SMARTS) is 1. The molecule has 8 heteroatoms. The first-order chi connectivity index (χ1) is 15.6. The second-order valence-corrected chi connectivity index (χ2v) is 10.1. The average molecular weight is 446 g/mol. The number of nitrogens with one attached hydrogen (secondary N) is 1. The van der Waals surface area contributed by atoms with Crippen LogP contribution in [0.25, 0.3) is 11.0 Å². The van der Waals surface area contributed by atoms with Gasteiger partial charge in [-0.1, -0.05) is 26.8 Å². The molecule has 3 heterocycles. The summed E-state index contributed by atoms with van der Waals surface area (Å²) in [6.07, 6.45) is 3.81. The average Bonchev–Trinajstić information content (AvgIpc) is 3.46. The van der Waals surface area contributed by atoms with Gasteiger partial charge in [-0.15, -0.1) is 0 Å². The van der Waals surface area contributed by atoms with E-state index in [4.69, 9.17) is 10.4 Å². The Morgan fingerprint density at radius 2 is 1.94 bits per heavy atom. The molecular weight excluding hydrogens is 418 g/mol. The first-order valence-electron chi connectivity index (χ1n) is 11.2. The summed E-state index contributed by atoms with van der Waals surface area (Å²) >= 11 is 0. The summed E-state index contributed by atoms with van der Waals surface area (Å²) in [6, 6.07) is 7.66. The monoisotopic (exact) mass is 445 g/mol. The van der Waals surface area contributed by atoms with E-state index in [0.29, 0.717) is 34.8 Å². The molecule has 0 bridgehead atoms. The predicted octanol–water partition coefficient (Wildman–Crippen LogP) is 3.71. The van der Waals surface area contributed by atoms with Crippen molar-refractivity contribution in [3.8, 4) is 0 Å². The van der Waals surface area contributed by atoms with Crippen LogP contribution < -0.4 is 0 Å². The van der Waals surface area contributed by atoms with Crippen molar-refractivity contribution in [1.82, 2.24) is 19.4 Å². The number of rotatable bonds is 6. The Bertz CT molecular complexity index is 1310. The zero-order chi connectivity index (χ0) is 23.5. The van der Waals surface area contributed by atoms with Crippen molar-refractivity contribution in [3.63, 3.8) is 0 Å². The smallest absolute Gasteiger partial charge is 0.323 e. The molecule has 1 fully saturated rings. The van der Waals surface area contributed by atoms with Gasteiger partial charge in [0.15, 0.2) is 5.78 Å². The fraction of sp³-hybridized carbons (Fsp3) is 0.400. The topological polar surface area (TPSA) is 112 Å². The molecule has 33 heavy (non-hydrogen) atoms. The number of Topliss-reactive ketones (excluding diaryl/α,β-unsaturated/α-hetero) is 1. The highest BCUT2D eigenvalue weighted by Gasteiger charge is 2.31. The van der Waals surface area contributed by atoms with Crippen LogP contribution in [0.4, 0.5) is 0 Å². The van der Waals surface area contributed by atoms with Gasteiger partial charge in [0.05, 0.1) is 23.9 Å². The number of carboxylic acids is 1. The van der Waals surface area contributed by atoms with Gasteiger partial charge in [-0.3, -0.25) is 15.0 Å². The van der Waals surface area contributed by atoms with Crippen molar-refractivity contribution in [3.05, 3.63) is 58.7 Å². The summed E-state index contributed by atoms with van der Waals surface area (Å²) in [7, 11) is 0. The molecule has 2 aliphatic rings. The Hall–Kier alpha value is -3.55. The number of hydrogen-bond donors (Lipinski definition) is 2. The van der Waals surface area contributed by atoms with E-state index in [2.05, 4.69) is 4.98 Å². The summed E-state index contributed by atoms with van der Waals surface area (Å²) in [6.45, 7) is 6.46. The standard InChI is InChI=1S/C25H27N5O3/c1-25(2,3)17-8-16(9-19-23(17)27-13-30(19)12-21(32)33)20(31)11-29-10-15-6-7-18(14-4-5-14)28-22(15)24(29)26/h6-9,13-14,26H,4-5,10-12H2,1-3H3,(H,32,33). The van der Waals surface area contributed by atoms with Gasteiger partial charge in [-0.05, 0) is 42.0 Å². The number of amidine groups is 1. The maximum absolute atomic E-state index is 13.4. The van der Waals surface area contributed by atoms with Crippen LogP contribution in [-0.2, 0) is 23.3 Å². The second kappa shape index (κ2) is 7.50. The first kappa shape index (κ1) is 21.3. The molecule has 1 aromatic carbocycles. The molecule has 0 radical (unpaired) electrons. The highest BCUT2D eigenvalue weighted by Crippen LogP contribution is 2.40. The minimum atomic E-state index is -0.968. The van der Waals surface area contributed by atoms with Crippen molar-refractivity contribution in [1.29, 1.82) is 5.41 Å². The van der Waals surface area contributed by atoms with Gasteiger partial charge in [-0.2, -0.15) is 0 Å². The van der Waals surface area contributed by atoms with Crippen molar-refractivity contribution in [2.24, 2.45) is 0 Å². The Labute approximate surface area is 191 Å². The predicted molar refractivity (Wildman–Crippen MR) is 124 cm³/mol. The molecular formula is C25H27N5O3. The molecule has 3 aromatic rings. The van der Waals surface area contributed by atoms with E-state index < -0.39 is 5.97 Å². The lowest BCUT2D eigenvalue weighted by Gasteiger charge is -2.22. The summed E-state index contributed by atoms with van der Waals surface area (Å²) in [4.78, 5) is 35.6. The van der Waals surface area contributed by atoms with Gasteiger partial charge >= 0.3 is 5.97 Å². The van der Waals surface area contributed by atoms with Crippen LogP contribution in [-0.4, -0.2) is 48.7 Å². The molecule has 1 aliphatic heterocycles. The lowest BCUT2D eigenvalue weighted by atomic mass is 9.84. The van der Waals surface area contributed by atoms with Crippen LogP contribution in [0.15, 0.2) is 30.6 Å². The van der Waals surface area contributed by atoms with E-state index in [0.717, 1.165) is 29.7 Å². The maximum atomic E-state index is 13.4. The Kier molecular flexibility index (Phi) is 4.84. The third-order valence-corrected chi connectivity index (χ3v) is 6.39. The summed E-state index contributed by atoms with van der Waals surface area (Å²) in [5.74, 6) is -0.291. The SMILES string of the molecule is CC(C)(C)c1cc(C(=O)CN2Cc3ccc(C4CC4)nc3C2=N)cc2c1ncn2CC(=O)O. The van der Waals surface area contributed by atoms with Crippen molar-refractivity contribution >= 4 is 28.6 Å². The van der Waals surface area contributed by atoms with E-state index in [1.807, 2.05) is 39.0 Å². The molecule has 1 saturated carbocycles. The quantitative estimate of drug-likeness (QED) is 0.560. The number of fused-ring (bicyclic) bond motifs is 2. The van der Waals surface area contributed by atoms with Crippen LogP contribution in [0, 0.1) is 5.41 Å². The van der Waals surface area contributed by atoms with Crippen LogP contribution >= 0.6 is 0 Å². The number of imidazole rings is 1. The van der Waals surface area contributed by atoms with Gasteiger partial charge < -0.3 is 14.6 Å². The minimum Gasteiger partial charge on any atom is -0.480 e. The number of nitrogens with zero attached hydrogens (tertiary/aromatic N) is 4. The summed E-state index contributed by atoms with van der Waals surface area (Å²) in [5, 5.41) is 17.9. The van der Waals surface area contributed by atoms with Crippen molar-refractivity contribution < 1.29 is 14.7 Å². The Morgan fingerprint density at radius 3 is 2.61 bits per heavy atom. The van der Waals surface area contributed by atoms with Gasteiger partial charge in [0.2, 0.25) is 0 Å². The first-order valence-corrected chi connectivity index (χ1v) is 11.2. The van der Waals surface area contributed by atoms with E-state index in [1.54, 1.807) is 15.5 Å². The molecule has 0 spiro atoms. The molecule has 2 aromatic heterocycles. The minimum absolute atomic E-state index is 0.0656. The zero-order valence-electron chi connectivity index (χ0n) is 19.1. The largest absolute Gasteiger partial charge is 0.480 e. The molecule has 8 nitrogen and oxygen atoms in total. The second-order valence-electron chi connectivity index (χ2n) is 10.1. The number of aliphatic carboxylic acids is 1. The van der Waals surface area contributed by atoms with E-state index >= 15 is 0 Å². The van der Waals surface area contributed by atoms with E-state index in [9.17, 15) is 14.7 Å². The molecule has 0 saturated heterocycles. The fourth-order valence-electron chi connectivity index (χ4n) is 4.44. The lowest BCUT2D eigenvalue weighted by molar-refractivity contribution is -0.137. The Balaban J connectivity index is 1.45. The highest BCUT2D eigenvalue weighted by atomic mass is 16.4. The molecule has 0 atom stereocenters.